The number of nitrogens with zero attached hydrogens (tertiary/aromatic N) is 3. The van der Waals surface area contributed by atoms with Crippen LogP contribution < -0.4 is 5.32 Å². The second-order valence-corrected chi connectivity index (χ2v) is 8.22. The summed E-state index contributed by atoms with van der Waals surface area (Å²) < 4.78 is 0. The van der Waals surface area contributed by atoms with E-state index < -0.39 is 0 Å². The normalized spacial score (nSPS) is 18.2. The van der Waals surface area contributed by atoms with Crippen molar-refractivity contribution in [1.82, 2.24) is 20.2 Å². The highest BCUT2D eigenvalue weighted by Gasteiger charge is 2.24. The van der Waals surface area contributed by atoms with Crippen LogP contribution in [0.2, 0.25) is 0 Å². The zero-order valence-electron chi connectivity index (χ0n) is 15.9. The Morgan fingerprint density at radius 1 is 1.42 bits per heavy atom. The number of rotatable bonds is 5. The predicted octanol–water partition coefficient (Wildman–Crippen LogP) is 3.76. The summed E-state index contributed by atoms with van der Waals surface area (Å²) in [5.41, 5.74) is 2.17. The maximum absolute atomic E-state index is 4.64. The molecule has 0 spiro atoms. The average molecular weight is 487 g/mol. The van der Waals surface area contributed by atoms with Crippen LogP contribution in [0.5, 0.6) is 0 Å². The van der Waals surface area contributed by atoms with Crippen molar-refractivity contribution in [3.8, 4) is 0 Å². The number of benzene rings is 1. The van der Waals surface area contributed by atoms with Gasteiger partial charge in [0.05, 0.1) is 11.0 Å². The highest BCUT2D eigenvalue weighted by Crippen LogP contribution is 2.24. The van der Waals surface area contributed by atoms with Gasteiger partial charge in [0.15, 0.2) is 5.96 Å². The average Bonchev–Trinajstić information content (AvgIpc) is 3.04. The van der Waals surface area contributed by atoms with Crippen LogP contribution in [0.3, 0.4) is 0 Å². The van der Waals surface area contributed by atoms with Gasteiger partial charge in [-0.25, -0.2) is 4.98 Å². The number of imidazole rings is 1. The maximum Gasteiger partial charge on any atom is 0.193 e. The summed E-state index contributed by atoms with van der Waals surface area (Å²) in [5, 5.41) is 4.22. The van der Waals surface area contributed by atoms with Crippen molar-refractivity contribution in [3.05, 3.63) is 30.1 Å². The van der Waals surface area contributed by atoms with Gasteiger partial charge in [-0.2, -0.15) is 11.8 Å². The topological polar surface area (TPSA) is 56.3 Å². The first-order valence-corrected chi connectivity index (χ1v) is 10.2. The molecule has 26 heavy (non-hydrogen) atoms. The fourth-order valence-corrected chi connectivity index (χ4v) is 4.48. The third-order valence-corrected chi connectivity index (χ3v) is 6.20. The lowest BCUT2D eigenvalue weighted by atomic mass is 10.1. The number of fused-ring (bicyclic) bond motifs is 1. The summed E-state index contributed by atoms with van der Waals surface area (Å²) >= 11 is 2.09. The number of halogens is 1. The van der Waals surface area contributed by atoms with E-state index in [0.29, 0.717) is 11.2 Å². The molecule has 1 fully saturated rings. The quantitative estimate of drug-likeness (QED) is 0.292. The van der Waals surface area contributed by atoms with E-state index in [4.69, 9.17) is 0 Å². The molecule has 0 saturated carbocycles. The van der Waals surface area contributed by atoms with E-state index >= 15 is 0 Å². The first-order valence-electron chi connectivity index (χ1n) is 9.18. The minimum atomic E-state index is 0. The SMILES string of the molecule is CN=C(NCCCc1nc2ccccc2[nH]1)N1CCSC(C(C)C)C1.I. The molecule has 2 aromatic rings. The molecule has 1 aromatic carbocycles. The molecule has 3 rings (SSSR count). The van der Waals surface area contributed by atoms with Crippen molar-refractivity contribution >= 4 is 52.7 Å². The number of H-pyrrole nitrogens is 1. The Labute approximate surface area is 177 Å². The predicted molar refractivity (Wildman–Crippen MR) is 124 cm³/mol. The van der Waals surface area contributed by atoms with E-state index in [1.165, 1.54) is 5.75 Å². The molecule has 1 aliphatic heterocycles. The van der Waals surface area contributed by atoms with Gasteiger partial charge in [0.2, 0.25) is 0 Å². The molecule has 144 valence electrons. The summed E-state index contributed by atoms with van der Waals surface area (Å²) in [7, 11) is 1.88. The Bertz CT molecular complexity index is 682. The first-order chi connectivity index (χ1) is 12.2. The Hall–Kier alpha value is -0.960. The van der Waals surface area contributed by atoms with Crippen LogP contribution in [0.25, 0.3) is 11.0 Å². The number of aromatic amines is 1. The highest BCUT2D eigenvalue weighted by atomic mass is 127. The van der Waals surface area contributed by atoms with E-state index in [-0.39, 0.29) is 24.0 Å². The summed E-state index contributed by atoms with van der Waals surface area (Å²) in [6.07, 6.45) is 1.98. The number of hydrogen-bond donors (Lipinski definition) is 2. The summed E-state index contributed by atoms with van der Waals surface area (Å²) in [5.74, 6) is 3.99. The standard InChI is InChI=1S/C19H29N5S.HI/c1-14(2)17-13-24(11-12-25-17)19(20-3)21-10-6-9-18-22-15-7-4-5-8-16(15)23-18;/h4-5,7-8,14,17H,6,9-13H2,1-3H3,(H,20,21)(H,22,23);1H. The number of guanidine groups is 1. The Balaban J connectivity index is 0.00000243. The molecule has 1 aromatic heterocycles. The summed E-state index contributed by atoms with van der Waals surface area (Å²) in [4.78, 5) is 14.9. The van der Waals surface area contributed by atoms with Crippen molar-refractivity contribution in [1.29, 1.82) is 0 Å². The maximum atomic E-state index is 4.64. The second-order valence-electron chi connectivity index (χ2n) is 6.88. The summed E-state index contributed by atoms with van der Waals surface area (Å²) in [6, 6.07) is 8.19. The van der Waals surface area contributed by atoms with Gasteiger partial charge in [-0.1, -0.05) is 26.0 Å². The molecule has 0 radical (unpaired) electrons. The zero-order valence-corrected chi connectivity index (χ0v) is 19.0. The molecule has 1 atom stereocenters. The highest BCUT2D eigenvalue weighted by molar-refractivity contribution is 14.0. The van der Waals surface area contributed by atoms with Gasteiger partial charge in [0.1, 0.15) is 5.82 Å². The minimum Gasteiger partial charge on any atom is -0.356 e. The lowest BCUT2D eigenvalue weighted by Crippen LogP contribution is -2.49. The van der Waals surface area contributed by atoms with E-state index in [1.54, 1.807) is 0 Å². The van der Waals surface area contributed by atoms with Gasteiger partial charge in [0.25, 0.3) is 0 Å². The van der Waals surface area contributed by atoms with Crippen LogP contribution in [0.1, 0.15) is 26.1 Å². The number of aliphatic imine (C=N–C) groups is 1. The second kappa shape index (κ2) is 10.4. The molecule has 0 amide bonds. The molecule has 0 aliphatic carbocycles. The number of para-hydroxylation sites is 2. The van der Waals surface area contributed by atoms with Crippen LogP contribution in [-0.2, 0) is 6.42 Å². The van der Waals surface area contributed by atoms with Gasteiger partial charge in [-0.05, 0) is 24.5 Å². The third kappa shape index (κ3) is 5.52. The van der Waals surface area contributed by atoms with Crippen LogP contribution in [0.4, 0.5) is 0 Å². The molecule has 2 heterocycles. The van der Waals surface area contributed by atoms with Gasteiger partial charge in [-0.3, -0.25) is 4.99 Å². The number of aryl methyl sites for hydroxylation is 1. The largest absolute Gasteiger partial charge is 0.356 e. The van der Waals surface area contributed by atoms with Gasteiger partial charge in [-0.15, -0.1) is 24.0 Å². The molecule has 0 bridgehead atoms. The fourth-order valence-electron chi connectivity index (χ4n) is 3.18. The van der Waals surface area contributed by atoms with Gasteiger partial charge >= 0.3 is 0 Å². The van der Waals surface area contributed by atoms with Crippen molar-refractivity contribution in [2.75, 3.05) is 32.4 Å². The molecular formula is C19H30IN5S. The van der Waals surface area contributed by atoms with E-state index in [1.807, 2.05) is 19.2 Å². The Morgan fingerprint density at radius 3 is 2.96 bits per heavy atom. The van der Waals surface area contributed by atoms with Crippen LogP contribution in [-0.4, -0.2) is 58.5 Å². The first kappa shape index (κ1) is 21.3. The van der Waals surface area contributed by atoms with E-state index in [0.717, 1.165) is 55.3 Å². The third-order valence-electron chi connectivity index (χ3n) is 4.66. The van der Waals surface area contributed by atoms with Crippen molar-refractivity contribution in [2.45, 2.75) is 31.9 Å². The van der Waals surface area contributed by atoms with Crippen LogP contribution in [0.15, 0.2) is 29.3 Å². The van der Waals surface area contributed by atoms with Crippen LogP contribution >= 0.6 is 35.7 Å². The lowest BCUT2D eigenvalue weighted by molar-refractivity contribution is 0.380. The summed E-state index contributed by atoms with van der Waals surface area (Å²) in [6.45, 7) is 7.71. The van der Waals surface area contributed by atoms with Crippen molar-refractivity contribution in [3.63, 3.8) is 0 Å². The lowest BCUT2D eigenvalue weighted by Gasteiger charge is -2.36. The molecular weight excluding hydrogens is 457 g/mol. The van der Waals surface area contributed by atoms with Crippen LogP contribution in [0, 0.1) is 5.92 Å². The number of thioether (sulfide) groups is 1. The van der Waals surface area contributed by atoms with Crippen molar-refractivity contribution < 1.29 is 0 Å². The molecule has 2 N–H and O–H groups in total. The number of hydrogen-bond acceptors (Lipinski definition) is 3. The number of aromatic nitrogens is 2. The van der Waals surface area contributed by atoms with E-state index in [9.17, 15) is 0 Å². The zero-order chi connectivity index (χ0) is 17.6. The molecule has 1 saturated heterocycles. The molecule has 7 heteroatoms. The van der Waals surface area contributed by atoms with E-state index in [2.05, 4.69) is 62.9 Å². The minimum absolute atomic E-state index is 0. The molecule has 1 unspecified atom stereocenters. The monoisotopic (exact) mass is 487 g/mol. The van der Waals surface area contributed by atoms with Gasteiger partial charge < -0.3 is 15.2 Å². The van der Waals surface area contributed by atoms with Gasteiger partial charge in [0, 0.05) is 44.1 Å². The molecule has 1 aliphatic rings. The van der Waals surface area contributed by atoms with Crippen molar-refractivity contribution in [2.24, 2.45) is 10.9 Å². The fraction of sp³-hybridized carbons (Fsp3) is 0.579. The number of nitrogens with one attached hydrogen (secondary N) is 2. The Kier molecular flexibility index (Phi) is 8.53. The molecule has 5 nitrogen and oxygen atoms in total. The smallest absolute Gasteiger partial charge is 0.193 e. The Morgan fingerprint density at radius 2 is 2.23 bits per heavy atom.